The molecule has 11 heteroatoms. The number of thiophene rings is 1. The minimum Gasteiger partial charge on any atom is -0.497 e. The highest BCUT2D eigenvalue weighted by atomic mass is 35.5. The molecule has 0 saturated carbocycles. The number of carbonyl (C=O) groups excluding carboxylic acids is 2. The van der Waals surface area contributed by atoms with Crippen LogP contribution in [0.5, 0.6) is 5.75 Å². The van der Waals surface area contributed by atoms with E-state index in [9.17, 15) is 9.59 Å². The van der Waals surface area contributed by atoms with Gasteiger partial charge in [0, 0.05) is 34.1 Å². The van der Waals surface area contributed by atoms with Crippen LogP contribution in [-0.2, 0) is 9.59 Å². The number of aromatic nitrogens is 2. The fourth-order valence-electron chi connectivity index (χ4n) is 4.53. The van der Waals surface area contributed by atoms with Crippen molar-refractivity contribution >= 4 is 52.3 Å². The zero-order chi connectivity index (χ0) is 28.2. The van der Waals surface area contributed by atoms with E-state index in [-0.39, 0.29) is 29.4 Å². The summed E-state index contributed by atoms with van der Waals surface area (Å²) in [4.78, 5) is 31.5. The third-order valence-electron chi connectivity index (χ3n) is 6.51. The molecule has 1 aliphatic rings. The number of methoxy groups -OCH3 is 1. The first-order valence-corrected chi connectivity index (χ1v) is 15.1. The molecule has 8 nitrogen and oxygen atoms in total. The maximum absolute atomic E-state index is 13.7. The van der Waals surface area contributed by atoms with Crippen molar-refractivity contribution in [3.8, 4) is 22.7 Å². The molecule has 40 heavy (non-hydrogen) atoms. The van der Waals surface area contributed by atoms with Gasteiger partial charge >= 0.3 is 0 Å². The molecule has 1 aliphatic heterocycles. The average molecular weight is 596 g/mol. The smallest absolute Gasteiger partial charge is 0.240 e. The number of halogens is 1. The minimum atomic E-state index is -0.226. The van der Waals surface area contributed by atoms with Crippen molar-refractivity contribution in [3.05, 3.63) is 81.5 Å². The Labute approximate surface area is 246 Å². The summed E-state index contributed by atoms with van der Waals surface area (Å²) in [6, 6.07) is 19.1. The first kappa shape index (κ1) is 28.2. The molecule has 1 N–H and O–H groups in total. The second-order valence-electron chi connectivity index (χ2n) is 9.54. The summed E-state index contributed by atoms with van der Waals surface area (Å²) in [7, 11) is 5.51. The van der Waals surface area contributed by atoms with Gasteiger partial charge in [0.05, 0.1) is 29.5 Å². The molecular weight excluding hydrogens is 566 g/mol. The van der Waals surface area contributed by atoms with Crippen molar-refractivity contribution in [2.24, 2.45) is 0 Å². The van der Waals surface area contributed by atoms with Gasteiger partial charge in [0.25, 0.3) is 0 Å². The third kappa shape index (κ3) is 6.05. The number of nitrogens with one attached hydrogen (secondary N) is 1. The van der Waals surface area contributed by atoms with Crippen LogP contribution in [0.2, 0.25) is 5.02 Å². The first-order chi connectivity index (χ1) is 19.4. The first-order valence-electron chi connectivity index (χ1n) is 12.8. The van der Waals surface area contributed by atoms with Crippen LogP contribution < -0.4 is 15.0 Å². The molecule has 208 valence electrons. The number of likely N-dealkylation sites (N-methyl/N-ethyl adjacent to an activating group) is 1. The van der Waals surface area contributed by atoms with Crippen LogP contribution >= 0.6 is 34.7 Å². The number of hydrogen-bond donors (Lipinski definition) is 1. The van der Waals surface area contributed by atoms with E-state index in [2.05, 4.69) is 11.4 Å². The monoisotopic (exact) mass is 595 g/mol. The molecule has 0 unspecified atom stereocenters. The Balaban J connectivity index is 1.70. The Bertz CT molecular complexity index is 1470. The van der Waals surface area contributed by atoms with Gasteiger partial charge in [0.2, 0.25) is 11.8 Å². The van der Waals surface area contributed by atoms with Gasteiger partial charge in [-0.15, -0.1) is 23.1 Å². The van der Waals surface area contributed by atoms with Gasteiger partial charge in [0.15, 0.2) is 0 Å². The molecule has 0 aliphatic carbocycles. The molecule has 2 amide bonds. The summed E-state index contributed by atoms with van der Waals surface area (Å²) in [6.45, 7) is 1.08. The molecule has 0 spiro atoms. The van der Waals surface area contributed by atoms with Crippen LogP contribution in [0.15, 0.2) is 66.0 Å². The number of ether oxygens (including phenoxy) is 1. The fourth-order valence-corrected chi connectivity index (χ4v) is 6.83. The van der Waals surface area contributed by atoms with E-state index in [0.717, 1.165) is 27.4 Å². The van der Waals surface area contributed by atoms with Gasteiger partial charge in [-0.25, -0.2) is 4.68 Å². The van der Waals surface area contributed by atoms with Crippen LogP contribution in [-0.4, -0.2) is 73.1 Å². The third-order valence-corrected chi connectivity index (χ3v) is 9.08. The van der Waals surface area contributed by atoms with Gasteiger partial charge in [0.1, 0.15) is 18.1 Å². The lowest BCUT2D eigenvalue weighted by molar-refractivity contribution is -0.122. The molecule has 0 bridgehead atoms. The van der Waals surface area contributed by atoms with E-state index in [4.69, 9.17) is 21.4 Å². The lowest BCUT2D eigenvalue weighted by atomic mass is 10.0. The van der Waals surface area contributed by atoms with Gasteiger partial charge in [-0.3, -0.25) is 14.5 Å². The Hall–Kier alpha value is -3.31. The number of thioether (sulfide) groups is 1. The zero-order valence-electron chi connectivity index (χ0n) is 22.5. The Morgan fingerprint density at radius 1 is 1.15 bits per heavy atom. The number of anilines is 1. The van der Waals surface area contributed by atoms with E-state index in [1.165, 1.54) is 0 Å². The summed E-state index contributed by atoms with van der Waals surface area (Å²) in [5.74, 6) is 1.15. The van der Waals surface area contributed by atoms with Crippen molar-refractivity contribution in [1.82, 2.24) is 20.0 Å². The number of hydrogen-bond acceptors (Lipinski definition) is 7. The normalized spacial score (nSPS) is 15.2. The molecule has 0 saturated heterocycles. The molecule has 0 radical (unpaired) electrons. The van der Waals surface area contributed by atoms with Gasteiger partial charge in [-0.1, -0.05) is 29.8 Å². The molecule has 4 aromatic rings. The van der Waals surface area contributed by atoms with E-state index >= 15 is 0 Å². The molecule has 5 rings (SSSR count). The highest BCUT2D eigenvalue weighted by Crippen LogP contribution is 2.49. The van der Waals surface area contributed by atoms with Crippen LogP contribution in [0.4, 0.5) is 5.82 Å². The number of nitrogens with zero attached hydrogens (tertiary/aromatic N) is 4. The standard InChI is InChI=1S/C29H30ClN5O3S2/c1-33(2)15-14-31-24(36)17-34-25(37)18-40-28(23-5-4-16-39-23)26-27(19-6-8-20(30)9-7-19)32-35(29(26)34)21-10-12-22(38-3)13-11-21/h4-13,16,28H,14-15,17-18H2,1-3H3,(H,31,36)/t28-/m1/s1. The van der Waals surface area contributed by atoms with Crippen LogP contribution in [0.1, 0.15) is 15.7 Å². The van der Waals surface area contributed by atoms with E-state index in [1.54, 1.807) is 39.8 Å². The Morgan fingerprint density at radius 2 is 1.90 bits per heavy atom. The van der Waals surface area contributed by atoms with Crippen molar-refractivity contribution in [1.29, 1.82) is 0 Å². The Kier molecular flexibility index (Phi) is 8.80. The molecule has 1 atom stereocenters. The summed E-state index contributed by atoms with van der Waals surface area (Å²) in [6.07, 6.45) is 0. The molecule has 3 heterocycles. The fraction of sp³-hybridized carbons (Fsp3) is 0.276. The maximum atomic E-state index is 13.7. The summed E-state index contributed by atoms with van der Waals surface area (Å²) >= 11 is 9.42. The summed E-state index contributed by atoms with van der Waals surface area (Å²) in [5.41, 5.74) is 3.25. The van der Waals surface area contributed by atoms with Crippen LogP contribution in [0, 0.1) is 0 Å². The van der Waals surface area contributed by atoms with Gasteiger partial charge in [-0.05, 0) is 61.9 Å². The van der Waals surface area contributed by atoms with Gasteiger partial charge < -0.3 is 15.0 Å². The lowest BCUT2D eigenvalue weighted by Crippen LogP contribution is -2.43. The maximum Gasteiger partial charge on any atom is 0.240 e. The quantitative estimate of drug-likeness (QED) is 0.290. The largest absolute Gasteiger partial charge is 0.497 e. The lowest BCUT2D eigenvalue weighted by Gasteiger charge is -2.23. The number of fused-ring (bicyclic) bond motifs is 1. The van der Waals surface area contributed by atoms with Crippen LogP contribution in [0.3, 0.4) is 0 Å². The summed E-state index contributed by atoms with van der Waals surface area (Å²) in [5, 5.41) is 10.5. The van der Waals surface area contributed by atoms with Crippen molar-refractivity contribution in [2.45, 2.75) is 5.25 Å². The SMILES string of the molecule is COc1ccc(-n2nc(-c3ccc(Cl)cc3)c3c2N(CC(=O)NCCN(C)C)C(=O)CS[C@@H]3c2cccs2)cc1. The molecular formula is C29H30ClN5O3S2. The van der Waals surface area contributed by atoms with Gasteiger partial charge in [-0.2, -0.15) is 5.10 Å². The highest BCUT2D eigenvalue weighted by molar-refractivity contribution is 8.00. The second kappa shape index (κ2) is 12.5. The predicted molar refractivity (Wildman–Crippen MR) is 163 cm³/mol. The van der Waals surface area contributed by atoms with Crippen molar-refractivity contribution in [2.75, 3.05) is 51.5 Å². The van der Waals surface area contributed by atoms with E-state index < -0.39 is 0 Å². The highest BCUT2D eigenvalue weighted by Gasteiger charge is 2.38. The number of rotatable bonds is 9. The summed E-state index contributed by atoms with van der Waals surface area (Å²) < 4.78 is 7.14. The predicted octanol–water partition coefficient (Wildman–Crippen LogP) is 5.11. The van der Waals surface area contributed by atoms with Crippen molar-refractivity contribution < 1.29 is 14.3 Å². The topological polar surface area (TPSA) is 79.7 Å². The van der Waals surface area contributed by atoms with Crippen molar-refractivity contribution in [3.63, 3.8) is 0 Å². The minimum absolute atomic E-state index is 0.112. The molecule has 0 fully saturated rings. The Morgan fingerprint density at radius 3 is 2.55 bits per heavy atom. The number of benzene rings is 2. The van der Waals surface area contributed by atoms with Crippen LogP contribution in [0.25, 0.3) is 16.9 Å². The molecule has 2 aromatic carbocycles. The molecule has 2 aromatic heterocycles. The van der Waals surface area contributed by atoms with E-state index in [0.29, 0.717) is 29.7 Å². The van der Waals surface area contributed by atoms with E-state index in [1.807, 2.05) is 79.0 Å². The number of carbonyl (C=O) groups is 2. The number of amides is 2. The average Bonchev–Trinajstić information content (AvgIpc) is 3.59. The second-order valence-corrected chi connectivity index (χ2v) is 12.1. The zero-order valence-corrected chi connectivity index (χ0v) is 24.9.